The Balaban J connectivity index is 1.50. The van der Waals surface area contributed by atoms with Crippen molar-refractivity contribution in [2.24, 2.45) is 5.41 Å². The lowest BCUT2D eigenvalue weighted by atomic mass is 9.77. The van der Waals surface area contributed by atoms with Crippen LogP contribution in [0.1, 0.15) is 48.2 Å². The van der Waals surface area contributed by atoms with Crippen LogP contribution in [0.4, 0.5) is 0 Å². The highest BCUT2D eigenvalue weighted by atomic mass is 16.5. The highest BCUT2D eigenvalue weighted by molar-refractivity contribution is 5.96. The van der Waals surface area contributed by atoms with E-state index in [9.17, 15) is 9.59 Å². The fourth-order valence-electron chi connectivity index (χ4n) is 4.64. The van der Waals surface area contributed by atoms with Crippen LogP contribution in [0.5, 0.6) is 0 Å². The first kappa shape index (κ1) is 17.4. The van der Waals surface area contributed by atoms with E-state index in [1.807, 2.05) is 11.8 Å². The van der Waals surface area contributed by atoms with Crippen LogP contribution in [0.3, 0.4) is 0 Å². The third-order valence-corrected chi connectivity index (χ3v) is 6.18. The molecule has 3 aliphatic rings. The van der Waals surface area contributed by atoms with Gasteiger partial charge >= 0.3 is 0 Å². The quantitative estimate of drug-likeness (QED) is 0.799. The Bertz CT molecular complexity index is 704. The summed E-state index contributed by atoms with van der Waals surface area (Å²) in [5, 5.41) is 0. The Morgan fingerprint density at radius 1 is 1.27 bits per heavy atom. The van der Waals surface area contributed by atoms with Crippen LogP contribution >= 0.6 is 0 Å². The molecule has 0 N–H and O–H groups in total. The van der Waals surface area contributed by atoms with E-state index in [1.165, 1.54) is 6.33 Å². The number of hydrogen-bond acceptors (Lipinski definition) is 5. The molecule has 1 atom stereocenters. The average Bonchev–Trinajstić information content (AvgIpc) is 3.10. The van der Waals surface area contributed by atoms with E-state index in [-0.39, 0.29) is 11.8 Å². The van der Waals surface area contributed by atoms with Gasteiger partial charge in [0.25, 0.3) is 5.91 Å². The average molecular weight is 358 g/mol. The number of piperidine rings is 1. The second kappa shape index (κ2) is 6.95. The van der Waals surface area contributed by atoms with Crippen molar-refractivity contribution >= 4 is 11.8 Å². The Hall–Kier alpha value is -2.02. The maximum absolute atomic E-state index is 13.3. The van der Waals surface area contributed by atoms with Crippen molar-refractivity contribution in [2.75, 3.05) is 32.8 Å². The summed E-state index contributed by atoms with van der Waals surface area (Å²) in [4.78, 5) is 38.2. The number of carbonyl (C=O) groups is 2. The van der Waals surface area contributed by atoms with E-state index in [0.29, 0.717) is 30.4 Å². The Kier molecular flexibility index (Phi) is 4.65. The summed E-state index contributed by atoms with van der Waals surface area (Å²) in [6.45, 7) is 5.27. The number of rotatable bonds is 2. The molecule has 0 aliphatic carbocycles. The third-order valence-electron chi connectivity index (χ3n) is 6.18. The summed E-state index contributed by atoms with van der Waals surface area (Å²) in [7, 11) is 0. The zero-order valence-corrected chi connectivity index (χ0v) is 15.3. The first-order chi connectivity index (χ1) is 12.6. The van der Waals surface area contributed by atoms with Crippen molar-refractivity contribution in [1.82, 2.24) is 19.8 Å². The molecule has 26 heavy (non-hydrogen) atoms. The Labute approximate surface area is 153 Å². The van der Waals surface area contributed by atoms with Crippen LogP contribution in [-0.4, -0.2) is 70.5 Å². The molecule has 1 unspecified atom stereocenters. The number of carbonyl (C=O) groups excluding carboxylic acids is 2. The fourth-order valence-corrected chi connectivity index (χ4v) is 4.64. The van der Waals surface area contributed by atoms with E-state index in [0.717, 1.165) is 51.9 Å². The van der Waals surface area contributed by atoms with Gasteiger partial charge in [0.1, 0.15) is 6.33 Å². The SMILES string of the molecule is Cc1ncncc1C(=O)N1CCC2(CCCN(C3CCOCC3)C2=O)C1. The fraction of sp³-hybridized carbons (Fsp3) is 0.684. The van der Waals surface area contributed by atoms with Gasteiger partial charge in [-0.3, -0.25) is 9.59 Å². The van der Waals surface area contributed by atoms with Gasteiger partial charge in [-0.15, -0.1) is 0 Å². The van der Waals surface area contributed by atoms with Gasteiger partial charge in [-0.2, -0.15) is 0 Å². The van der Waals surface area contributed by atoms with E-state index in [2.05, 4.69) is 14.9 Å². The molecule has 2 amide bonds. The summed E-state index contributed by atoms with van der Waals surface area (Å²) in [6, 6.07) is 0.294. The van der Waals surface area contributed by atoms with Crippen LogP contribution in [0.2, 0.25) is 0 Å². The van der Waals surface area contributed by atoms with Gasteiger partial charge in [0.05, 0.1) is 16.7 Å². The largest absolute Gasteiger partial charge is 0.381 e. The zero-order valence-electron chi connectivity index (χ0n) is 15.3. The molecule has 1 spiro atoms. The molecule has 1 aromatic heterocycles. The van der Waals surface area contributed by atoms with Crippen LogP contribution in [0.25, 0.3) is 0 Å². The maximum Gasteiger partial charge on any atom is 0.257 e. The van der Waals surface area contributed by atoms with E-state index in [1.54, 1.807) is 6.20 Å². The Morgan fingerprint density at radius 2 is 2.08 bits per heavy atom. The van der Waals surface area contributed by atoms with Gasteiger partial charge in [-0.25, -0.2) is 9.97 Å². The lowest BCUT2D eigenvalue weighted by Gasteiger charge is -2.44. The topological polar surface area (TPSA) is 75.6 Å². The number of nitrogens with zero attached hydrogens (tertiary/aromatic N) is 4. The van der Waals surface area contributed by atoms with Gasteiger partial charge in [-0.05, 0) is 39.0 Å². The monoisotopic (exact) mass is 358 g/mol. The van der Waals surface area contributed by atoms with Crippen LogP contribution in [-0.2, 0) is 9.53 Å². The summed E-state index contributed by atoms with van der Waals surface area (Å²) >= 11 is 0. The zero-order chi connectivity index (χ0) is 18.1. The number of aromatic nitrogens is 2. The summed E-state index contributed by atoms with van der Waals surface area (Å²) in [5.74, 6) is 0.183. The minimum absolute atomic E-state index is 0.0593. The van der Waals surface area contributed by atoms with Gasteiger partial charge in [0, 0.05) is 45.1 Å². The molecule has 3 fully saturated rings. The highest BCUT2D eigenvalue weighted by Gasteiger charge is 2.50. The molecule has 4 heterocycles. The molecule has 140 valence electrons. The van der Waals surface area contributed by atoms with E-state index >= 15 is 0 Å². The molecular formula is C19H26N4O3. The highest BCUT2D eigenvalue weighted by Crippen LogP contribution is 2.41. The van der Waals surface area contributed by atoms with Crippen LogP contribution in [0, 0.1) is 12.3 Å². The second-order valence-corrected chi connectivity index (χ2v) is 7.72. The summed E-state index contributed by atoms with van der Waals surface area (Å²) < 4.78 is 5.45. The van der Waals surface area contributed by atoms with Gasteiger partial charge in [-0.1, -0.05) is 0 Å². The molecule has 0 aromatic carbocycles. The first-order valence-electron chi connectivity index (χ1n) is 9.55. The van der Waals surface area contributed by atoms with Crippen LogP contribution in [0.15, 0.2) is 12.5 Å². The number of hydrogen-bond donors (Lipinski definition) is 0. The molecule has 4 rings (SSSR count). The standard InChI is InChI=1S/C19H26N4O3/c1-14-16(11-20-13-21-14)17(24)22-8-6-19(12-22)5-2-7-23(18(19)25)15-3-9-26-10-4-15/h11,13,15H,2-10,12H2,1H3. The molecule has 3 aliphatic heterocycles. The van der Waals surface area contributed by atoms with Crippen molar-refractivity contribution in [3.05, 3.63) is 23.8 Å². The minimum Gasteiger partial charge on any atom is -0.381 e. The van der Waals surface area contributed by atoms with Crippen LogP contribution < -0.4 is 0 Å². The maximum atomic E-state index is 13.3. The number of ether oxygens (including phenoxy) is 1. The predicted molar refractivity (Wildman–Crippen MR) is 94.5 cm³/mol. The predicted octanol–water partition coefficient (Wildman–Crippen LogP) is 1.42. The normalized spacial score (nSPS) is 27.3. The van der Waals surface area contributed by atoms with Crippen molar-refractivity contribution in [3.63, 3.8) is 0 Å². The van der Waals surface area contributed by atoms with E-state index in [4.69, 9.17) is 4.74 Å². The first-order valence-corrected chi connectivity index (χ1v) is 9.55. The molecular weight excluding hydrogens is 332 g/mol. The van der Waals surface area contributed by atoms with Crippen molar-refractivity contribution < 1.29 is 14.3 Å². The number of amides is 2. The molecule has 0 bridgehead atoms. The van der Waals surface area contributed by atoms with E-state index < -0.39 is 5.41 Å². The summed E-state index contributed by atoms with van der Waals surface area (Å²) in [6.07, 6.45) is 7.51. The molecule has 3 saturated heterocycles. The lowest BCUT2D eigenvalue weighted by molar-refractivity contribution is -0.150. The molecule has 1 aromatic rings. The molecule has 0 saturated carbocycles. The molecule has 7 heteroatoms. The number of likely N-dealkylation sites (tertiary alicyclic amines) is 2. The van der Waals surface area contributed by atoms with Crippen molar-refractivity contribution in [3.8, 4) is 0 Å². The minimum atomic E-state index is -0.407. The smallest absolute Gasteiger partial charge is 0.257 e. The number of aryl methyl sites for hydroxylation is 1. The summed E-state index contributed by atoms with van der Waals surface area (Å²) in [5.41, 5.74) is 0.814. The molecule has 0 radical (unpaired) electrons. The third kappa shape index (κ3) is 2.98. The van der Waals surface area contributed by atoms with Gasteiger partial charge < -0.3 is 14.5 Å². The van der Waals surface area contributed by atoms with Gasteiger partial charge in [0.2, 0.25) is 5.91 Å². The van der Waals surface area contributed by atoms with Crippen molar-refractivity contribution in [2.45, 2.75) is 45.1 Å². The second-order valence-electron chi connectivity index (χ2n) is 7.72. The van der Waals surface area contributed by atoms with Crippen molar-refractivity contribution in [1.29, 1.82) is 0 Å². The van der Waals surface area contributed by atoms with Gasteiger partial charge in [0.15, 0.2) is 0 Å². The molecule has 7 nitrogen and oxygen atoms in total. The Morgan fingerprint density at radius 3 is 2.85 bits per heavy atom. The lowest BCUT2D eigenvalue weighted by Crippen LogP contribution is -2.55.